The molecule has 40 heavy (non-hydrogen) atoms. The summed E-state index contributed by atoms with van der Waals surface area (Å²) in [4.78, 5) is 22.9. The van der Waals surface area contributed by atoms with Gasteiger partial charge in [-0.2, -0.15) is 4.31 Å². The minimum atomic E-state index is -3.68. The predicted molar refractivity (Wildman–Crippen MR) is 163 cm³/mol. The molecule has 1 aliphatic heterocycles. The van der Waals surface area contributed by atoms with Gasteiger partial charge >= 0.3 is 0 Å². The first kappa shape index (κ1) is 28.4. The summed E-state index contributed by atoms with van der Waals surface area (Å²) < 4.78 is 29.5. The lowest BCUT2D eigenvalue weighted by Gasteiger charge is -2.28. The topological polar surface area (TPSA) is 73.8 Å². The van der Waals surface area contributed by atoms with Crippen LogP contribution in [0.5, 0.6) is 0 Å². The number of likely N-dealkylation sites (N-methyl/N-ethyl adjacent to an activating group) is 1. The fourth-order valence-electron chi connectivity index (χ4n) is 5.10. The van der Waals surface area contributed by atoms with Crippen LogP contribution < -0.4 is 4.90 Å². The third-order valence-electron chi connectivity index (χ3n) is 7.84. The summed E-state index contributed by atoms with van der Waals surface area (Å²) in [5.41, 5.74) is 5.91. The van der Waals surface area contributed by atoms with Crippen LogP contribution in [0.2, 0.25) is 0 Å². The molecule has 3 aromatic carbocycles. The normalized spacial score (nSPS) is 14.0. The molecule has 1 aromatic heterocycles. The van der Waals surface area contributed by atoms with Crippen molar-refractivity contribution in [2.45, 2.75) is 45.6 Å². The van der Waals surface area contributed by atoms with E-state index < -0.39 is 10.0 Å². The van der Waals surface area contributed by atoms with Gasteiger partial charge in [-0.25, -0.2) is 13.4 Å². The Hall–Kier alpha value is -3.11. The number of aromatic nitrogens is 1. The number of anilines is 1. The highest BCUT2D eigenvalue weighted by atomic mass is 32.2. The Bertz CT molecular complexity index is 1590. The van der Waals surface area contributed by atoms with Gasteiger partial charge in [0.2, 0.25) is 10.0 Å². The van der Waals surface area contributed by atoms with E-state index >= 15 is 0 Å². The molecular weight excluding hydrogens is 541 g/mol. The van der Waals surface area contributed by atoms with Crippen LogP contribution in [0.15, 0.2) is 65.6 Å². The molecule has 2 heterocycles. The zero-order chi connectivity index (χ0) is 28.4. The second-order valence-electron chi connectivity index (χ2n) is 10.3. The summed E-state index contributed by atoms with van der Waals surface area (Å²) in [5, 5.41) is 0.654. The van der Waals surface area contributed by atoms with E-state index in [9.17, 15) is 13.2 Å². The van der Waals surface area contributed by atoms with Crippen molar-refractivity contribution < 1.29 is 13.2 Å². The van der Waals surface area contributed by atoms with Gasteiger partial charge in [-0.3, -0.25) is 9.69 Å². The minimum Gasteiger partial charge on any atom is -0.302 e. The van der Waals surface area contributed by atoms with Crippen LogP contribution in [0.25, 0.3) is 10.2 Å². The molecule has 0 spiro atoms. The first-order chi connectivity index (χ1) is 19.2. The van der Waals surface area contributed by atoms with E-state index in [2.05, 4.69) is 50.8 Å². The number of sulfonamides is 1. The number of thiazole rings is 1. The Morgan fingerprint density at radius 1 is 0.950 bits per heavy atom. The quantitative estimate of drug-likeness (QED) is 0.258. The minimum absolute atomic E-state index is 0.185. The van der Waals surface area contributed by atoms with Crippen molar-refractivity contribution in [3.05, 3.63) is 88.5 Å². The second kappa shape index (κ2) is 11.8. The monoisotopic (exact) mass is 576 g/mol. The number of benzene rings is 3. The van der Waals surface area contributed by atoms with Gasteiger partial charge in [-0.1, -0.05) is 49.4 Å². The van der Waals surface area contributed by atoms with Crippen LogP contribution in [-0.2, 0) is 23.0 Å². The molecule has 0 unspecified atom stereocenters. The highest BCUT2D eigenvalue weighted by Gasteiger charge is 2.29. The zero-order valence-electron chi connectivity index (χ0n) is 23.6. The third kappa shape index (κ3) is 5.69. The van der Waals surface area contributed by atoms with Crippen LogP contribution in [0.4, 0.5) is 5.13 Å². The first-order valence-corrected chi connectivity index (χ1v) is 16.1. The lowest BCUT2D eigenvalue weighted by Crippen LogP contribution is -2.39. The van der Waals surface area contributed by atoms with Crippen LogP contribution >= 0.6 is 11.3 Å². The molecule has 5 rings (SSSR count). The van der Waals surface area contributed by atoms with Crippen LogP contribution in [0.3, 0.4) is 0 Å². The fraction of sp³-hybridized carbons (Fsp3) is 0.355. The average Bonchev–Trinajstić information content (AvgIpc) is 3.37. The number of hydrogen-bond acceptors (Lipinski definition) is 6. The predicted octanol–water partition coefficient (Wildman–Crippen LogP) is 5.65. The molecule has 9 heteroatoms. The summed E-state index contributed by atoms with van der Waals surface area (Å²) in [6.45, 7) is 12.2. The number of rotatable bonds is 9. The van der Waals surface area contributed by atoms with E-state index in [4.69, 9.17) is 4.98 Å². The smallest absolute Gasteiger partial charge is 0.260 e. The Balaban J connectivity index is 1.41. The zero-order valence-corrected chi connectivity index (χ0v) is 25.2. The molecule has 7 nitrogen and oxygen atoms in total. The van der Waals surface area contributed by atoms with E-state index in [1.54, 1.807) is 29.2 Å². The maximum atomic E-state index is 13.9. The number of carbonyl (C=O) groups excluding carboxylic acids is 1. The maximum Gasteiger partial charge on any atom is 0.260 e. The Morgan fingerprint density at radius 3 is 2.33 bits per heavy atom. The number of aryl methyl sites for hydroxylation is 2. The fourth-order valence-corrected chi connectivity index (χ4v) is 7.59. The molecule has 0 saturated carbocycles. The summed E-state index contributed by atoms with van der Waals surface area (Å²) >= 11 is 1.51. The van der Waals surface area contributed by atoms with Gasteiger partial charge < -0.3 is 4.90 Å². The Kier molecular flexibility index (Phi) is 8.37. The SMILES string of the molecule is CCN(CC)CCN(C(=O)c1ccc(S(=O)(=O)N2CCc3ccccc3C2)cc1)c1nc2cc(C)c(C)cc2s1. The van der Waals surface area contributed by atoms with Gasteiger partial charge in [0.05, 0.1) is 15.1 Å². The Morgan fingerprint density at radius 2 is 1.62 bits per heavy atom. The van der Waals surface area contributed by atoms with Gasteiger partial charge in [0, 0.05) is 31.7 Å². The van der Waals surface area contributed by atoms with Gasteiger partial charge in [0.25, 0.3) is 5.91 Å². The van der Waals surface area contributed by atoms with E-state index in [0.717, 1.165) is 35.4 Å². The van der Waals surface area contributed by atoms with Gasteiger partial charge in [0.1, 0.15) is 0 Å². The van der Waals surface area contributed by atoms with Crippen molar-refractivity contribution in [1.29, 1.82) is 0 Å². The van der Waals surface area contributed by atoms with Crippen molar-refractivity contribution in [2.24, 2.45) is 0 Å². The molecule has 0 N–H and O–H groups in total. The molecule has 0 aliphatic carbocycles. The van der Waals surface area contributed by atoms with Crippen LogP contribution in [-0.4, -0.2) is 61.2 Å². The highest BCUT2D eigenvalue weighted by molar-refractivity contribution is 7.89. The molecule has 0 saturated heterocycles. The molecular formula is C31H36N4O3S2. The van der Waals surface area contributed by atoms with E-state index in [1.807, 2.05) is 18.2 Å². The summed E-state index contributed by atoms with van der Waals surface area (Å²) in [6, 6.07) is 18.5. The number of hydrogen-bond donors (Lipinski definition) is 0. The molecule has 1 amide bonds. The molecule has 1 aliphatic rings. The maximum absolute atomic E-state index is 13.9. The molecule has 0 radical (unpaired) electrons. The number of fused-ring (bicyclic) bond motifs is 2. The van der Waals surface area contributed by atoms with Crippen molar-refractivity contribution in [3.8, 4) is 0 Å². The van der Waals surface area contributed by atoms with Crippen molar-refractivity contribution >= 4 is 42.6 Å². The highest BCUT2D eigenvalue weighted by Crippen LogP contribution is 2.32. The first-order valence-electron chi connectivity index (χ1n) is 13.8. The average molecular weight is 577 g/mol. The summed E-state index contributed by atoms with van der Waals surface area (Å²) in [5.74, 6) is -0.185. The van der Waals surface area contributed by atoms with E-state index in [0.29, 0.717) is 36.8 Å². The molecule has 4 aromatic rings. The van der Waals surface area contributed by atoms with Crippen LogP contribution in [0.1, 0.15) is 46.5 Å². The number of amides is 1. The Labute approximate surface area is 241 Å². The lowest BCUT2D eigenvalue weighted by molar-refractivity contribution is 0.0983. The molecule has 210 valence electrons. The van der Waals surface area contributed by atoms with Crippen LogP contribution in [0, 0.1) is 13.8 Å². The largest absolute Gasteiger partial charge is 0.302 e. The lowest BCUT2D eigenvalue weighted by atomic mass is 10.0. The summed E-state index contributed by atoms with van der Waals surface area (Å²) in [6.07, 6.45) is 0.689. The molecule has 0 bridgehead atoms. The van der Waals surface area contributed by atoms with Crippen molar-refractivity contribution in [3.63, 3.8) is 0 Å². The summed E-state index contributed by atoms with van der Waals surface area (Å²) in [7, 11) is -3.68. The van der Waals surface area contributed by atoms with Gasteiger partial charge in [-0.15, -0.1) is 0 Å². The van der Waals surface area contributed by atoms with E-state index in [1.165, 1.54) is 32.3 Å². The second-order valence-corrected chi connectivity index (χ2v) is 13.2. The standard InChI is InChI=1S/C31H36N4O3S2/c1-5-33(6-2)17-18-35(31-32-28-19-22(3)23(4)20-29(28)39-31)30(36)25-11-13-27(14-12-25)40(37,38)34-16-15-24-9-7-8-10-26(24)21-34/h7-14,19-20H,5-6,15-18,21H2,1-4H3. The molecule has 0 fully saturated rings. The number of carbonyl (C=O) groups is 1. The van der Waals surface area contributed by atoms with Crippen molar-refractivity contribution in [2.75, 3.05) is 37.6 Å². The van der Waals surface area contributed by atoms with Gasteiger partial charge in [-0.05, 0) is 92.0 Å². The molecule has 0 atom stereocenters. The van der Waals surface area contributed by atoms with Gasteiger partial charge in [0.15, 0.2) is 5.13 Å². The number of nitrogens with zero attached hydrogens (tertiary/aromatic N) is 4. The third-order valence-corrected chi connectivity index (χ3v) is 10.7. The van der Waals surface area contributed by atoms with Crippen molar-refractivity contribution in [1.82, 2.24) is 14.2 Å². The van der Waals surface area contributed by atoms with E-state index in [-0.39, 0.29) is 10.8 Å².